The Hall–Kier alpha value is -1.66. The van der Waals surface area contributed by atoms with E-state index in [0.29, 0.717) is 37.7 Å². The van der Waals surface area contributed by atoms with Crippen LogP contribution >= 0.6 is 0 Å². The number of amides is 1. The Bertz CT molecular complexity index is 422. The van der Waals surface area contributed by atoms with Gasteiger partial charge < -0.3 is 20.1 Å². The predicted octanol–water partition coefficient (Wildman–Crippen LogP) is 0.541. The Labute approximate surface area is 112 Å². The predicted molar refractivity (Wildman–Crippen MR) is 70.8 cm³/mol. The van der Waals surface area contributed by atoms with E-state index in [2.05, 4.69) is 4.98 Å². The highest BCUT2D eigenvalue weighted by Crippen LogP contribution is 2.13. The van der Waals surface area contributed by atoms with E-state index in [-0.39, 0.29) is 12.0 Å². The summed E-state index contributed by atoms with van der Waals surface area (Å²) in [5.74, 6) is 0.384. The standard InChI is InChI=1S/C13H19N3O3/c1-18-6-4-11-9-16(5-7-19-11)13(17)10-2-3-12(14)15-8-10/h2-3,8,11H,4-7,9H2,1H3,(H2,14,15)/t11-/m0/s1. The number of methoxy groups -OCH3 is 1. The number of morpholine rings is 1. The number of hydrogen-bond donors (Lipinski definition) is 1. The fourth-order valence-electron chi connectivity index (χ4n) is 2.04. The molecule has 6 heteroatoms. The van der Waals surface area contributed by atoms with Crippen LogP contribution in [-0.2, 0) is 9.47 Å². The molecule has 0 unspecified atom stereocenters. The Morgan fingerprint density at radius 1 is 1.63 bits per heavy atom. The molecule has 1 aromatic rings. The molecule has 1 atom stereocenters. The van der Waals surface area contributed by atoms with Crippen molar-refractivity contribution in [1.29, 1.82) is 0 Å². The first-order valence-corrected chi connectivity index (χ1v) is 6.32. The number of carbonyl (C=O) groups excluding carboxylic acids is 1. The van der Waals surface area contributed by atoms with Gasteiger partial charge in [-0.25, -0.2) is 4.98 Å². The van der Waals surface area contributed by atoms with E-state index >= 15 is 0 Å². The second-order valence-corrected chi connectivity index (χ2v) is 4.50. The summed E-state index contributed by atoms with van der Waals surface area (Å²) in [5, 5.41) is 0. The lowest BCUT2D eigenvalue weighted by Gasteiger charge is -2.33. The van der Waals surface area contributed by atoms with Crippen molar-refractivity contribution in [2.45, 2.75) is 12.5 Å². The number of nitrogens with two attached hydrogens (primary N) is 1. The second-order valence-electron chi connectivity index (χ2n) is 4.50. The topological polar surface area (TPSA) is 77.7 Å². The monoisotopic (exact) mass is 265 g/mol. The molecule has 0 radical (unpaired) electrons. The summed E-state index contributed by atoms with van der Waals surface area (Å²) in [7, 11) is 1.66. The van der Waals surface area contributed by atoms with Gasteiger partial charge in [-0.05, 0) is 18.6 Å². The van der Waals surface area contributed by atoms with Gasteiger partial charge in [0, 0.05) is 33.0 Å². The van der Waals surface area contributed by atoms with Crippen LogP contribution < -0.4 is 5.73 Å². The summed E-state index contributed by atoms with van der Waals surface area (Å²) in [6, 6.07) is 3.33. The Balaban J connectivity index is 1.96. The zero-order valence-electron chi connectivity index (χ0n) is 11.0. The van der Waals surface area contributed by atoms with Crippen molar-refractivity contribution >= 4 is 11.7 Å². The molecule has 1 aliphatic rings. The van der Waals surface area contributed by atoms with E-state index in [0.717, 1.165) is 6.42 Å². The molecule has 0 bridgehead atoms. The summed E-state index contributed by atoms with van der Waals surface area (Å²) in [6.07, 6.45) is 2.34. The van der Waals surface area contributed by atoms with Crippen LogP contribution in [0.25, 0.3) is 0 Å². The van der Waals surface area contributed by atoms with Crippen molar-refractivity contribution in [2.75, 3.05) is 39.1 Å². The minimum Gasteiger partial charge on any atom is -0.385 e. The van der Waals surface area contributed by atoms with Crippen LogP contribution in [0.4, 0.5) is 5.82 Å². The Morgan fingerprint density at radius 3 is 3.16 bits per heavy atom. The van der Waals surface area contributed by atoms with Crippen LogP contribution in [0, 0.1) is 0 Å². The number of nitrogen functional groups attached to an aromatic ring is 1. The van der Waals surface area contributed by atoms with E-state index in [4.69, 9.17) is 15.2 Å². The molecule has 1 aromatic heterocycles. The second kappa shape index (κ2) is 6.49. The molecule has 1 amide bonds. The minimum absolute atomic E-state index is 0.0294. The number of pyridine rings is 1. The number of carbonyl (C=O) groups is 1. The first kappa shape index (κ1) is 13.8. The van der Waals surface area contributed by atoms with Crippen LogP contribution in [0.2, 0.25) is 0 Å². The lowest BCUT2D eigenvalue weighted by Crippen LogP contribution is -2.46. The van der Waals surface area contributed by atoms with Crippen LogP contribution in [0.3, 0.4) is 0 Å². The number of nitrogens with zero attached hydrogens (tertiary/aromatic N) is 2. The molecule has 1 aliphatic heterocycles. The van der Waals surface area contributed by atoms with Crippen molar-refractivity contribution in [3.8, 4) is 0 Å². The van der Waals surface area contributed by atoms with E-state index in [1.165, 1.54) is 6.20 Å². The van der Waals surface area contributed by atoms with Crippen LogP contribution in [0.5, 0.6) is 0 Å². The first-order chi connectivity index (χ1) is 9.20. The molecular weight excluding hydrogens is 246 g/mol. The van der Waals surface area contributed by atoms with E-state index < -0.39 is 0 Å². The molecule has 0 aromatic carbocycles. The van der Waals surface area contributed by atoms with Gasteiger partial charge in [0.1, 0.15) is 5.82 Å². The highest BCUT2D eigenvalue weighted by Gasteiger charge is 2.24. The number of aromatic nitrogens is 1. The molecule has 2 rings (SSSR count). The van der Waals surface area contributed by atoms with Gasteiger partial charge in [0.25, 0.3) is 5.91 Å². The first-order valence-electron chi connectivity index (χ1n) is 6.32. The largest absolute Gasteiger partial charge is 0.385 e. The van der Waals surface area contributed by atoms with Crippen molar-refractivity contribution in [1.82, 2.24) is 9.88 Å². The molecule has 0 spiro atoms. The van der Waals surface area contributed by atoms with Crippen molar-refractivity contribution in [3.05, 3.63) is 23.9 Å². The van der Waals surface area contributed by atoms with Gasteiger partial charge in [-0.1, -0.05) is 0 Å². The molecule has 1 saturated heterocycles. The van der Waals surface area contributed by atoms with E-state index in [1.807, 2.05) is 0 Å². The number of anilines is 1. The summed E-state index contributed by atoms with van der Waals surface area (Å²) in [6.45, 7) is 2.39. The van der Waals surface area contributed by atoms with Gasteiger partial charge in [-0.3, -0.25) is 4.79 Å². The quantitative estimate of drug-likeness (QED) is 0.859. The fourth-order valence-corrected chi connectivity index (χ4v) is 2.04. The number of hydrogen-bond acceptors (Lipinski definition) is 5. The highest BCUT2D eigenvalue weighted by molar-refractivity contribution is 5.94. The number of ether oxygens (including phenoxy) is 2. The summed E-state index contributed by atoms with van der Waals surface area (Å²) < 4.78 is 10.6. The van der Waals surface area contributed by atoms with Gasteiger partial charge in [-0.2, -0.15) is 0 Å². The molecule has 2 heterocycles. The lowest BCUT2D eigenvalue weighted by atomic mass is 10.2. The fraction of sp³-hybridized carbons (Fsp3) is 0.538. The van der Waals surface area contributed by atoms with E-state index in [9.17, 15) is 4.79 Å². The third-order valence-electron chi connectivity index (χ3n) is 3.10. The van der Waals surface area contributed by atoms with E-state index in [1.54, 1.807) is 24.1 Å². The molecular formula is C13H19N3O3. The molecule has 0 aliphatic carbocycles. The molecule has 1 fully saturated rings. The molecule has 0 saturated carbocycles. The maximum Gasteiger partial charge on any atom is 0.255 e. The van der Waals surface area contributed by atoms with Gasteiger partial charge in [-0.15, -0.1) is 0 Å². The smallest absolute Gasteiger partial charge is 0.255 e. The SMILES string of the molecule is COCC[C@H]1CN(C(=O)c2ccc(N)nc2)CCO1. The summed E-state index contributed by atoms with van der Waals surface area (Å²) in [4.78, 5) is 18.0. The normalized spacial score (nSPS) is 19.4. The van der Waals surface area contributed by atoms with Crippen molar-refractivity contribution in [2.24, 2.45) is 0 Å². The van der Waals surface area contributed by atoms with Gasteiger partial charge in [0.15, 0.2) is 0 Å². The molecule has 19 heavy (non-hydrogen) atoms. The third-order valence-corrected chi connectivity index (χ3v) is 3.10. The van der Waals surface area contributed by atoms with Gasteiger partial charge in [0.2, 0.25) is 0 Å². The Kier molecular flexibility index (Phi) is 4.70. The van der Waals surface area contributed by atoms with Gasteiger partial charge >= 0.3 is 0 Å². The van der Waals surface area contributed by atoms with Crippen LogP contribution in [-0.4, -0.2) is 55.3 Å². The summed E-state index contributed by atoms with van der Waals surface area (Å²) >= 11 is 0. The van der Waals surface area contributed by atoms with Gasteiger partial charge in [0.05, 0.1) is 18.3 Å². The zero-order chi connectivity index (χ0) is 13.7. The van der Waals surface area contributed by atoms with Crippen LogP contribution in [0.15, 0.2) is 18.3 Å². The highest BCUT2D eigenvalue weighted by atomic mass is 16.5. The average molecular weight is 265 g/mol. The average Bonchev–Trinajstić information content (AvgIpc) is 2.45. The maximum atomic E-state index is 12.3. The van der Waals surface area contributed by atoms with Crippen molar-refractivity contribution < 1.29 is 14.3 Å². The third kappa shape index (κ3) is 3.65. The van der Waals surface area contributed by atoms with Crippen LogP contribution in [0.1, 0.15) is 16.8 Å². The molecule has 2 N–H and O–H groups in total. The maximum absolute atomic E-state index is 12.3. The van der Waals surface area contributed by atoms with Crippen molar-refractivity contribution in [3.63, 3.8) is 0 Å². The molecule has 104 valence electrons. The Morgan fingerprint density at radius 2 is 2.47 bits per heavy atom. The molecule has 6 nitrogen and oxygen atoms in total. The minimum atomic E-state index is -0.0294. The summed E-state index contributed by atoms with van der Waals surface area (Å²) in [5.41, 5.74) is 6.07. The zero-order valence-corrected chi connectivity index (χ0v) is 11.0. The number of rotatable bonds is 4. The lowest BCUT2D eigenvalue weighted by molar-refractivity contribution is -0.0332.